The predicted octanol–water partition coefficient (Wildman–Crippen LogP) is 5.84. The van der Waals surface area contributed by atoms with Gasteiger partial charge < -0.3 is 20.4 Å². The van der Waals surface area contributed by atoms with E-state index in [1.54, 1.807) is 12.2 Å². The van der Waals surface area contributed by atoms with Gasteiger partial charge in [-0.3, -0.25) is 9.59 Å². The quantitative estimate of drug-likeness (QED) is 0.238. The van der Waals surface area contributed by atoms with Crippen molar-refractivity contribution in [2.45, 2.75) is 38.1 Å². The van der Waals surface area contributed by atoms with Crippen molar-refractivity contribution in [1.82, 2.24) is 20.4 Å². The monoisotopic (exact) mass is 612 g/mol. The Balaban J connectivity index is 1.30. The van der Waals surface area contributed by atoms with Crippen LogP contribution in [0.4, 0.5) is 0 Å². The number of carbonyl (C=O) groups excluding carboxylic acids is 2. The van der Waals surface area contributed by atoms with Crippen LogP contribution in [0.15, 0.2) is 91.0 Å². The first-order chi connectivity index (χ1) is 21.4. The Kier molecular flexibility index (Phi) is 10.9. The van der Waals surface area contributed by atoms with Gasteiger partial charge in [0.15, 0.2) is 0 Å². The Morgan fingerprint density at radius 1 is 1.02 bits per heavy atom. The summed E-state index contributed by atoms with van der Waals surface area (Å²) >= 11 is 5.97. The first-order valence-corrected chi connectivity index (χ1v) is 16.4. The third kappa shape index (κ3) is 7.98. The molecule has 1 aliphatic carbocycles. The summed E-state index contributed by atoms with van der Waals surface area (Å²) in [6, 6.07) is 28.4. The van der Waals surface area contributed by atoms with Gasteiger partial charge in [0.2, 0.25) is 11.8 Å². The number of amides is 2. The van der Waals surface area contributed by atoms with Crippen LogP contribution in [-0.4, -0.2) is 73.0 Å². The highest BCUT2D eigenvalue weighted by Gasteiger charge is 2.62. The second-order valence-corrected chi connectivity index (χ2v) is 12.6. The molecule has 0 bridgehead atoms. The predicted molar refractivity (Wildman–Crippen MR) is 180 cm³/mol. The molecular weight excluding hydrogens is 568 g/mol. The Morgan fingerprint density at radius 3 is 2.27 bits per heavy atom. The molecule has 2 amide bonds. The molecule has 3 aromatic rings. The van der Waals surface area contributed by atoms with Crippen molar-refractivity contribution in [3.63, 3.8) is 0 Å². The fourth-order valence-corrected chi connectivity index (χ4v) is 6.64. The number of rotatable bonds is 13. The van der Waals surface area contributed by atoms with Gasteiger partial charge in [0, 0.05) is 55.7 Å². The lowest BCUT2D eigenvalue weighted by atomic mass is 9.90. The lowest BCUT2D eigenvalue weighted by Crippen LogP contribution is -2.49. The van der Waals surface area contributed by atoms with Crippen molar-refractivity contribution >= 4 is 29.5 Å². The minimum absolute atomic E-state index is 0.0786. The van der Waals surface area contributed by atoms with Crippen LogP contribution >= 0.6 is 11.6 Å². The van der Waals surface area contributed by atoms with Gasteiger partial charge in [-0.05, 0) is 66.7 Å². The fraction of sp³-hybridized carbons (Fsp3) is 0.405. The van der Waals surface area contributed by atoms with Crippen LogP contribution in [0.1, 0.15) is 49.3 Å². The molecule has 0 aromatic heterocycles. The molecule has 1 saturated heterocycles. The summed E-state index contributed by atoms with van der Waals surface area (Å²) in [6.07, 6.45) is 5.01. The smallest absolute Gasteiger partial charge is 0.243 e. The maximum absolute atomic E-state index is 14.4. The van der Waals surface area contributed by atoms with Crippen molar-refractivity contribution in [2.24, 2.45) is 11.8 Å². The van der Waals surface area contributed by atoms with Gasteiger partial charge in [-0.1, -0.05) is 98.2 Å². The van der Waals surface area contributed by atoms with E-state index in [-0.39, 0.29) is 23.7 Å². The van der Waals surface area contributed by atoms with Crippen molar-refractivity contribution in [3.05, 3.63) is 113 Å². The zero-order valence-corrected chi connectivity index (χ0v) is 26.7. The van der Waals surface area contributed by atoms with E-state index >= 15 is 0 Å². The first kappa shape index (κ1) is 32.0. The molecule has 2 aliphatic rings. The van der Waals surface area contributed by atoms with E-state index in [1.165, 1.54) is 11.1 Å². The van der Waals surface area contributed by atoms with Crippen LogP contribution < -0.4 is 10.6 Å². The van der Waals surface area contributed by atoms with Crippen molar-refractivity contribution in [1.29, 1.82) is 0 Å². The fourth-order valence-electron chi connectivity index (χ4n) is 6.51. The van der Waals surface area contributed by atoms with Crippen LogP contribution in [0, 0.1) is 11.8 Å². The molecule has 232 valence electrons. The SMILES string of the molecule is CCN(CC)CC1CC12NCC(CCNC(=O)/C=C/c1ccc(Cl)cc1)CN(CC(c1ccccc1)c1ccccc1)C2=O. The van der Waals surface area contributed by atoms with Gasteiger partial charge in [-0.15, -0.1) is 0 Å². The number of hydrogen-bond donors (Lipinski definition) is 2. The third-order valence-electron chi connectivity index (χ3n) is 9.29. The average molecular weight is 613 g/mol. The van der Waals surface area contributed by atoms with E-state index in [0.29, 0.717) is 30.6 Å². The van der Waals surface area contributed by atoms with Gasteiger partial charge in [-0.2, -0.15) is 0 Å². The highest BCUT2D eigenvalue weighted by atomic mass is 35.5. The maximum atomic E-state index is 14.4. The summed E-state index contributed by atoms with van der Waals surface area (Å²) in [5.41, 5.74) is 2.85. The maximum Gasteiger partial charge on any atom is 0.243 e. The zero-order valence-electron chi connectivity index (χ0n) is 25.9. The standard InChI is InChI=1S/C37H45ClN4O2/c1-3-41(4-2)26-32-23-37(32)36(44)42(27-34(30-11-7-5-8-12-30)31-13-9-6-10-14-31)25-29(24-40-37)21-22-39-35(43)20-17-28-15-18-33(38)19-16-28/h5-20,29,32,34,40H,3-4,21-27H2,1-2H3,(H,39,43)/b20-17+. The van der Waals surface area contributed by atoms with Gasteiger partial charge >= 0.3 is 0 Å². The van der Waals surface area contributed by atoms with Gasteiger partial charge in [-0.25, -0.2) is 0 Å². The Hall–Kier alpha value is -3.45. The van der Waals surface area contributed by atoms with Crippen molar-refractivity contribution in [2.75, 3.05) is 45.8 Å². The van der Waals surface area contributed by atoms with Crippen LogP contribution in [0.2, 0.25) is 5.02 Å². The van der Waals surface area contributed by atoms with Gasteiger partial charge in [0.25, 0.3) is 0 Å². The molecule has 7 heteroatoms. The average Bonchev–Trinajstić information content (AvgIpc) is 3.79. The summed E-state index contributed by atoms with van der Waals surface area (Å²) < 4.78 is 0. The molecule has 1 heterocycles. The molecule has 5 rings (SSSR count). The minimum Gasteiger partial charge on any atom is -0.353 e. The minimum atomic E-state index is -0.500. The second kappa shape index (κ2) is 15.0. The lowest BCUT2D eigenvalue weighted by molar-refractivity contribution is -0.134. The summed E-state index contributed by atoms with van der Waals surface area (Å²) in [6.45, 7) is 9.88. The van der Waals surface area contributed by atoms with E-state index in [2.05, 4.69) is 82.8 Å². The van der Waals surface area contributed by atoms with Crippen LogP contribution in [-0.2, 0) is 9.59 Å². The highest BCUT2D eigenvalue weighted by molar-refractivity contribution is 6.30. The van der Waals surface area contributed by atoms with Crippen molar-refractivity contribution < 1.29 is 9.59 Å². The number of carbonyl (C=O) groups is 2. The van der Waals surface area contributed by atoms with Gasteiger partial charge in [0.05, 0.1) is 0 Å². The van der Waals surface area contributed by atoms with E-state index in [1.807, 2.05) is 36.4 Å². The van der Waals surface area contributed by atoms with Gasteiger partial charge in [0.1, 0.15) is 5.54 Å². The lowest BCUT2D eigenvalue weighted by Gasteiger charge is -2.31. The molecule has 1 saturated carbocycles. The molecule has 2 fully saturated rings. The van der Waals surface area contributed by atoms with Crippen LogP contribution in [0.3, 0.4) is 0 Å². The Labute approximate surface area is 267 Å². The number of nitrogens with zero attached hydrogens (tertiary/aromatic N) is 2. The van der Waals surface area contributed by atoms with Crippen LogP contribution in [0.25, 0.3) is 6.08 Å². The van der Waals surface area contributed by atoms with E-state index in [0.717, 1.165) is 44.6 Å². The van der Waals surface area contributed by atoms with Crippen molar-refractivity contribution in [3.8, 4) is 0 Å². The molecule has 44 heavy (non-hydrogen) atoms. The zero-order chi connectivity index (χ0) is 30.9. The summed E-state index contributed by atoms with van der Waals surface area (Å²) in [5.74, 6) is 0.709. The number of nitrogens with one attached hydrogen (secondary N) is 2. The molecule has 3 atom stereocenters. The van der Waals surface area contributed by atoms with Crippen LogP contribution in [0.5, 0.6) is 0 Å². The van der Waals surface area contributed by atoms with E-state index < -0.39 is 5.54 Å². The molecule has 3 aromatic carbocycles. The number of benzene rings is 3. The Morgan fingerprint density at radius 2 is 1.66 bits per heavy atom. The third-order valence-corrected chi connectivity index (χ3v) is 9.54. The largest absolute Gasteiger partial charge is 0.353 e. The van der Waals surface area contributed by atoms with E-state index in [9.17, 15) is 9.59 Å². The van der Waals surface area contributed by atoms with E-state index in [4.69, 9.17) is 11.6 Å². The molecule has 0 radical (unpaired) electrons. The molecule has 6 nitrogen and oxygen atoms in total. The molecule has 1 spiro atoms. The summed E-state index contributed by atoms with van der Waals surface area (Å²) in [5, 5.41) is 7.47. The summed E-state index contributed by atoms with van der Waals surface area (Å²) in [4.78, 5) is 31.5. The number of hydrogen-bond acceptors (Lipinski definition) is 4. The number of halogens is 1. The molecule has 2 N–H and O–H groups in total. The molecular formula is C37H45ClN4O2. The molecule has 3 unspecified atom stereocenters. The normalized spacial score (nSPS) is 21.8. The first-order valence-electron chi connectivity index (χ1n) is 16.0. The highest BCUT2D eigenvalue weighted by Crippen LogP contribution is 2.47. The summed E-state index contributed by atoms with van der Waals surface area (Å²) in [7, 11) is 0. The topological polar surface area (TPSA) is 64.7 Å². The Bertz CT molecular complexity index is 1350. The molecule has 1 aliphatic heterocycles. The second-order valence-electron chi connectivity index (χ2n) is 12.2.